The molecule has 0 heterocycles. The van der Waals surface area contributed by atoms with Gasteiger partial charge in [-0.25, -0.2) is 8.42 Å². The Labute approximate surface area is 140 Å². The first kappa shape index (κ1) is 19.5. The Hall–Kier alpha value is -1.56. The van der Waals surface area contributed by atoms with Gasteiger partial charge < -0.3 is 5.32 Å². The maximum atomic E-state index is 12.1. The molecule has 1 aromatic carbocycles. The highest BCUT2D eigenvalue weighted by Gasteiger charge is 2.20. The summed E-state index contributed by atoms with van der Waals surface area (Å²) in [5.41, 5.74) is 2.59. The molecule has 1 aromatic rings. The lowest BCUT2D eigenvalue weighted by molar-refractivity contribution is -0.120. The average molecular weight is 340 g/mol. The summed E-state index contributed by atoms with van der Waals surface area (Å²) in [6.07, 6.45) is 4.47. The van der Waals surface area contributed by atoms with E-state index in [1.807, 2.05) is 26.0 Å². The van der Waals surface area contributed by atoms with Crippen molar-refractivity contribution in [1.82, 2.24) is 5.32 Å². The van der Waals surface area contributed by atoms with Crippen LogP contribution in [0, 0.1) is 13.8 Å². The lowest BCUT2D eigenvalue weighted by Gasteiger charge is -2.24. The number of rotatable bonds is 9. The lowest BCUT2D eigenvalue weighted by Crippen LogP contribution is -2.35. The summed E-state index contributed by atoms with van der Waals surface area (Å²) in [7, 11) is -3.43. The van der Waals surface area contributed by atoms with Gasteiger partial charge in [0.25, 0.3) is 0 Å². The van der Waals surface area contributed by atoms with Crippen molar-refractivity contribution in [3.8, 4) is 0 Å². The van der Waals surface area contributed by atoms with Crippen LogP contribution in [0.1, 0.15) is 43.7 Å². The molecule has 1 rings (SSSR count). The molecular weight excluding hydrogens is 312 g/mol. The third-order valence-electron chi connectivity index (χ3n) is 3.89. The summed E-state index contributed by atoms with van der Waals surface area (Å²) in [6, 6.07) is 5.56. The van der Waals surface area contributed by atoms with E-state index in [-0.39, 0.29) is 18.9 Å². The molecular formula is C17H28N2O3S. The molecule has 0 aliphatic carbocycles. The minimum atomic E-state index is -3.43. The minimum absolute atomic E-state index is 0.111. The molecule has 130 valence electrons. The average Bonchev–Trinajstić information content (AvgIpc) is 2.46. The topological polar surface area (TPSA) is 66.5 Å². The molecule has 0 aliphatic rings. The molecule has 0 atom stereocenters. The number of benzene rings is 1. The molecule has 0 unspecified atom stereocenters. The molecule has 0 saturated heterocycles. The summed E-state index contributed by atoms with van der Waals surface area (Å²) in [5, 5.41) is 2.84. The second kappa shape index (κ2) is 8.91. The van der Waals surface area contributed by atoms with E-state index in [4.69, 9.17) is 0 Å². The monoisotopic (exact) mass is 340 g/mol. The van der Waals surface area contributed by atoms with Crippen LogP contribution in [0.15, 0.2) is 18.2 Å². The zero-order chi connectivity index (χ0) is 17.5. The highest BCUT2D eigenvalue weighted by Crippen LogP contribution is 2.25. The van der Waals surface area contributed by atoms with Gasteiger partial charge in [-0.2, -0.15) is 0 Å². The second-order valence-corrected chi connectivity index (χ2v) is 7.77. The molecule has 0 spiro atoms. The van der Waals surface area contributed by atoms with Gasteiger partial charge in [-0.15, -0.1) is 0 Å². The van der Waals surface area contributed by atoms with Crippen molar-refractivity contribution >= 4 is 21.6 Å². The molecule has 1 N–H and O–H groups in total. The zero-order valence-corrected chi connectivity index (χ0v) is 15.4. The van der Waals surface area contributed by atoms with Crippen molar-refractivity contribution < 1.29 is 13.2 Å². The van der Waals surface area contributed by atoms with Crippen LogP contribution in [0.5, 0.6) is 0 Å². The molecule has 0 fully saturated rings. The molecule has 1 amide bonds. The molecule has 5 nitrogen and oxygen atoms in total. The number of nitrogens with one attached hydrogen (secondary N) is 1. The number of unbranched alkanes of at least 4 members (excludes halogenated alkanes) is 2. The van der Waals surface area contributed by atoms with E-state index >= 15 is 0 Å². The summed E-state index contributed by atoms with van der Waals surface area (Å²) in [4.78, 5) is 11.9. The predicted octanol–water partition coefficient (Wildman–Crippen LogP) is 2.77. The minimum Gasteiger partial charge on any atom is -0.356 e. The highest BCUT2D eigenvalue weighted by molar-refractivity contribution is 7.92. The third-order valence-corrected chi connectivity index (χ3v) is 5.07. The van der Waals surface area contributed by atoms with Crippen LogP contribution in [-0.2, 0) is 14.8 Å². The predicted molar refractivity (Wildman–Crippen MR) is 95.3 cm³/mol. The van der Waals surface area contributed by atoms with Gasteiger partial charge in [-0.1, -0.05) is 31.9 Å². The van der Waals surface area contributed by atoms with Crippen LogP contribution in [0.2, 0.25) is 0 Å². The number of carbonyl (C=O) groups is 1. The SMILES string of the molecule is CCCCCNC(=O)CCN(c1cccc(C)c1C)S(C)(=O)=O. The van der Waals surface area contributed by atoms with E-state index < -0.39 is 10.0 Å². The summed E-state index contributed by atoms with van der Waals surface area (Å²) in [6.45, 7) is 6.75. The molecule has 23 heavy (non-hydrogen) atoms. The van der Waals surface area contributed by atoms with E-state index in [1.165, 1.54) is 10.6 Å². The van der Waals surface area contributed by atoms with Crippen molar-refractivity contribution in [3.05, 3.63) is 29.3 Å². The summed E-state index contributed by atoms with van der Waals surface area (Å²) >= 11 is 0. The van der Waals surface area contributed by atoms with Crippen LogP contribution in [0.4, 0.5) is 5.69 Å². The van der Waals surface area contributed by atoms with Crippen LogP contribution in [-0.4, -0.2) is 33.7 Å². The van der Waals surface area contributed by atoms with Crippen LogP contribution < -0.4 is 9.62 Å². The number of sulfonamides is 1. The van der Waals surface area contributed by atoms with Gasteiger partial charge in [0.15, 0.2) is 0 Å². The van der Waals surface area contributed by atoms with Gasteiger partial charge >= 0.3 is 0 Å². The third kappa shape index (κ3) is 6.22. The number of carbonyl (C=O) groups excluding carboxylic acids is 1. The molecule has 0 bridgehead atoms. The largest absolute Gasteiger partial charge is 0.356 e. The van der Waals surface area contributed by atoms with Crippen molar-refractivity contribution in [2.75, 3.05) is 23.7 Å². The Morgan fingerprint density at radius 2 is 1.91 bits per heavy atom. The first-order valence-corrected chi connectivity index (χ1v) is 9.92. The fourth-order valence-corrected chi connectivity index (χ4v) is 3.34. The Morgan fingerprint density at radius 3 is 2.52 bits per heavy atom. The molecule has 0 saturated carbocycles. The Kier molecular flexibility index (Phi) is 7.55. The fourth-order valence-electron chi connectivity index (χ4n) is 2.37. The fraction of sp³-hybridized carbons (Fsp3) is 0.588. The Balaban J connectivity index is 2.74. The van der Waals surface area contributed by atoms with E-state index in [1.54, 1.807) is 6.07 Å². The maximum Gasteiger partial charge on any atom is 0.232 e. The molecule has 6 heteroatoms. The van der Waals surface area contributed by atoms with Crippen molar-refractivity contribution in [3.63, 3.8) is 0 Å². The second-order valence-electron chi connectivity index (χ2n) is 5.86. The number of aryl methyl sites for hydroxylation is 1. The van der Waals surface area contributed by atoms with Crippen LogP contribution in [0.3, 0.4) is 0 Å². The van der Waals surface area contributed by atoms with E-state index in [0.29, 0.717) is 12.2 Å². The van der Waals surface area contributed by atoms with Crippen molar-refractivity contribution in [1.29, 1.82) is 0 Å². The quantitative estimate of drug-likeness (QED) is 0.703. The van der Waals surface area contributed by atoms with E-state index in [9.17, 15) is 13.2 Å². The number of hydrogen-bond acceptors (Lipinski definition) is 3. The number of anilines is 1. The molecule has 0 aromatic heterocycles. The van der Waals surface area contributed by atoms with Gasteiger partial charge in [-0.3, -0.25) is 9.10 Å². The highest BCUT2D eigenvalue weighted by atomic mass is 32.2. The zero-order valence-electron chi connectivity index (χ0n) is 14.6. The van der Waals surface area contributed by atoms with Gasteiger partial charge in [-0.05, 0) is 37.5 Å². The van der Waals surface area contributed by atoms with Gasteiger partial charge in [0.1, 0.15) is 0 Å². The summed E-state index contributed by atoms with van der Waals surface area (Å²) < 4.78 is 25.5. The number of nitrogens with zero attached hydrogens (tertiary/aromatic N) is 1. The first-order chi connectivity index (χ1) is 10.8. The van der Waals surface area contributed by atoms with Gasteiger partial charge in [0.05, 0.1) is 11.9 Å². The van der Waals surface area contributed by atoms with Crippen LogP contribution >= 0.6 is 0 Å². The maximum absolute atomic E-state index is 12.1. The molecule has 0 radical (unpaired) electrons. The standard InChI is InChI=1S/C17H28N2O3S/c1-5-6-7-12-18-17(20)11-13-19(23(4,21)22)16-10-8-9-14(2)15(16)3/h8-10H,5-7,11-13H2,1-4H3,(H,18,20). The number of hydrogen-bond donors (Lipinski definition) is 1. The van der Waals surface area contributed by atoms with Gasteiger partial charge in [0.2, 0.25) is 15.9 Å². The Bertz CT molecular complexity index is 627. The lowest BCUT2D eigenvalue weighted by atomic mass is 10.1. The Morgan fingerprint density at radius 1 is 1.22 bits per heavy atom. The summed E-state index contributed by atoms with van der Waals surface area (Å²) in [5.74, 6) is -0.111. The first-order valence-electron chi connectivity index (χ1n) is 8.08. The van der Waals surface area contributed by atoms with Gasteiger partial charge in [0, 0.05) is 19.5 Å². The van der Waals surface area contributed by atoms with Crippen molar-refractivity contribution in [2.24, 2.45) is 0 Å². The smallest absolute Gasteiger partial charge is 0.232 e. The van der Waals surface area contributed by atoms with Crippen LogP contribution in [0.25, 0.3) is 0 Å². The number of amides is 1. The van der Waals surface area contributed by atoms with Crippen molar-refractivity contribution in [2.45, 2.75) is 46.5 Å². The normalized spacial score (nSPS) is 11.3. The van der Waals surface area contributed by atoms with E-state index in [0.717, 1.165) is 30.4 Å². The molecule has 0 aliphatic heterocycles. The van der Waals surface area contributed by atoms with E-state index in [2.05, 4.69) is 12.2 Å².